The Morgan fingerprint density at radius 1 is 0.909 bits per heavy atom. The SMILES string of the molecule is O=C(ONc1cc(F)c(F)c(Cl)c1)c1cc(F)c(F)c(Cl)c1. The molecule has 0 amide bonds. The van der Waals surface area contributed by atoms with E-state index in [0.717, 1.165) is 12.1 Å². The van der Waals surface area contributed by atoms with Crippen molar-refractivity contribution in [2.24, 2.45) is 0 Å². The van der Waals surface area contributed by atoms with E-state index in [1.165, 1.54) is 0 Å². The highest BCUT2D eigenvalue weighted by Gasteiger charge is 2.16. The van der Waals surface area contributed by atoms with Crippen LogP contribution in [0.15, 0.2) is 24.3 Å². The molecule has 0 bridgehead atoms. The van der Waals surface area contributed by atoms with Crippen LogP contribution >= 0.6 is 23.2 Å². The summed E-state index contributed by atoms with van der Waals surface area (Å²) in [7, 11) is 0. The van der Waals surface area contributed by atoms with E-state index in [4.69, 9.17) is 23.2 Å². The average Bonchev–Trinajstić information content (AvgIpc) is 2.47. The number of rotatable bonds is 3. The van der Waals surface area contributed by atoms with Gasteiger partial charge in [0.2, 0.25) is 0 Å². The zero-order valence-electron chi connectivity index (χ0n) is 10.4. The summed E-state index contributed by atoms with van der Waals surface area (Å²) in [6.07, 6.45) is 0. The lowest BCUT2D eigenvalue weighted by molar-refractivity contribution is 0.0595. The summed E-state index contributed by atoms with van der Waals surface area (Å²) < 4.78 is 52.2. The molecule has 1 N–H and O–H groups in total. The van der Waals surface area contributed by atoms with Gasteiger partial charge in [0.05, 0.1) is 21.3 Å². The number of hydrogen-bond donors (Lipinski definition) is 1. The molecule has 0 unspecified atom stereocenters. The number of nitrogens with one attached hydrogen (secondary N) is 1. The first-order valence-electron chi connectivity index (χ1n) is 5.56. The van der Waals surface area contributed by atoms with Crippen LogP contribution in [0.3, 0.4) is 0 Å². The number of carbonyl (C=O) groups is 1. The van der Waals surface area contributed by atoms with Crippen LogP contribution in [0.2, 0.25) is 10.0 Å². The molecule has 0 aliphatic rings. The largest absolute Gasteiger partial charge is 0.362 e. The molecular formula is C13H5Cl2F4NO2. The Kier molecular flexibility index (Phi) is 4.77. The molecule has 0 radical (unpaired) electrons. The van der Waals surface area contributed by atoms with Crippen LogP contribution in [0.5, 0.6) is 0 Å². The Morgan fingerprint density at radius 3 is 2.00 bits per heavy atom. The molecule has 0 aliphatic carbocycles. The highest BCUT2D eigenvalue weighted by molar-refractivity contribution is 6.31. The second-order valence-corrected chi connectivity index (χ2v) is 4.81. The van der Waals surface area contributed by atoms with E-state index in [1.54, 1.807) is 0 Å². The van der Waals surface area contributed by atoms with E-state index in [2.05, 4.69) is 4.84 Å². The first-order valence-corrected chi connectivity index (χ1v) is 6.31. The molecule has 0 spiro atoms. The van der Waals surface area contributed by atoms with Crippen LogP contribution < -0.4 is 5.48 Å². The fraction of sp³-hybridized carbons (Fsp3) is 0. The van der Waals surface area contributed by atoms with E-state index >= 15 is 0 Å². The molecule has 22 heavy (non-hydrogen) atoms. The number of hydrogen-bond acceptors (Lipinski definition) is 3. The zero-order chi connectivity index (χ0) is 16.4. The molecule has 0 saturated carbocycles. The predicted molar refractivity (Wildman–Crippen MR) is 71.8 cm³/mol. The van der Waals surface area contributed by atoms with Gasteiger partial charge in [0.15, 0.2) is 23.3 Å². The molecule has 0 fully saturated rings. The summed E-state index contributed by atoms with van der Waals surface area (Å²) in [5.74, 6) is -6.29. The molecule has 2 aromatic carbocycles. The van der Waals surface area contributed by atoms with Crippen molar-refractivity contribution in [2.45, 2.75) is 0 Å². The molecule has 0 aromatic heterocycles. The van der Waals surface area contributed by atoms with E-state index in [9.17, 15) is 22.4 Å². The lowest BCUT2D eigenvalue weighted by Gasteiger charge is -2.08. The van der Waals surface area contributed by atoms with Crippen LogP contribution in [0, 0.1) is 23.3 Å². The molecule has 3 nitrogen and oxygen atoms in total. The van der Waals surface area contributed by atoms with Crippen molar-refractivity contribution < 1.29 is 27.2 Å². The van der Waals surface area contributed by atoms with Crippen molar-refractivity contribution in [1.29, 1.82) is 0 Å². The van der Waals surface area contributed by atoms with Gasteiger partial charge in [-0.1, -0.05) is 23.2 Å². The lowest BCUT2D eigenvalue weighted by atomic mass is 10.2. The van der Waals surface area contributed by atoms with Gasteiger partial charge in [0.25, 0.3) is 0 Å². The zero-order valence-corrected chi connectivity index (χ0v) is 11.9. The summed E-state index contributed by atoms with van der Waals surface area (Å²) in [6, 6.07) is 3.07. The van der Waals surface area contributed by atoms with Gasteiger partial charge in [-0.2, -0.15) is 0 Å². The first-order chi connectivity index (χ1) is 10.3. The summed E-state index contributed by atoms with van der Waals surface area (Å²) in [4.78, 5) is 16.2. The predicted octanol–water partition coefficient (Wildman–Crippen LogP) is 4.73. The minimum Gasteiger partial charge on any atom is -0.338 e. The van der Waals surface area contributed by atoms with Gasteiger partial charge in [0, 0.05) is 6.07 Å². The van der Waals surface area contributed by atoms with Crippen molar-refractivity contribution in [3.05, 3.63) is 63.1 Å². The minimum atomic E-state index is -1.34. The number of carbonyl (C=O) groups excluding carboxylic acids is 1. The van der Waals surface area contributed by atoms with E-state index in [1.807, 2.05) is 5.48 Å². The second-order valence-electron chi connectivity index (χ2n) is 4.00. The molecule has 2 rings (SSSR count). The fourth-order valence-corrected chi connectivity index (χ4v) is 1.87. The maximum absolute atomic E-state index is 13.1. The lowest BCUT2D eigenvalue weighted by Crippen LogP contribution is -2.12. The quantitative estimate of drug-likeness (QED) is 0.492. The third kappa shape index (κ3) is 3.42. The van der Waals surface area contributed by atoms with Gasteiger partial charge >= 0.3 is 5.97 Å². The standard InChI is InChI=1S/C13H5Cl2F4NO2/c14-7-1-5(2-9(16)11(7)18)13(21)22-20-6-3-8(15)12(19)10(17)4-6/h1-4,20H. The normalized spacial score (nSPS) is 10.5. The molecule has 0 atom stereocenters. The molecule has 9 heteroatoms. The fourth-order valence-electron chi connectivity index (χ4n) is 1.45. The number of benzene rings is 2. The Labute approximate surface area is 131 Å². The topological polar surface area (TPSA) is 38.3 Å². The first kappa shape index (κ1) is 16.4. The van der Waals surface area contributed by atoms with Crippen LogP contribution in [0.4, 0.5) is 23.2 Å². The van der Waals surface area contributed by atoms with Crippen molar-refractivity contribution >= 4 is 34.9 Å². The van der Waals surface area contributed by atoms with E-state index in [0.29, 0.717) is 12.1 Å². The summed E-state index contributed by atoms with van der Waals surface area (Å²) in [6.45, 7) is 0. The number of anilines is 1. The molecule has 0 saturated heterocycles. The molecule has 2 aromatic rings. The van der Waals surface area contributed by atoms with Crippen molar-refractivity contribution in [3.8, 4) is 0 Å². The van der Waals surface area contributed by atoms with Crippen LogP contribution in [-0.2, 0) is 4.84 Å². The maximum Gasteiger partial charge on any atom is 0.362 e. The van der Waals surface area contributed by atoms with Crippen molar-refractivity contribution in [2.75, 3.05) is 5.48 Å². The average molecular weight is 354 g/mol. The monoisotopic (exact) mass is 353 g/mol. The smallest absolute Gasteiger partial charge is 0.338 e. The van der Waals surface area contributed by atoms with Crippen LogP contribution in [0.25, 0.3) is 0 Å². The molecule has 0 heterocycles. The Bertz CT molecular complexity index is 709. The van der Waals surface area contributed by atoms with E-state index in [-0.39, 0.29) is 11.3 Å². The van der Waals surface area contributed by atoms with Crippen LogP contribution in [0.1, 0.15) is 10.4 Å². The van der Waals surface area contributed by atoms with Crippen LogP contribution in [-0.4, -0.2) is 5.97 Å². The van der Waals surface area contributed by atoms with Gasteiger partial charge < -0.3 is 4.84 Å². The highest BCUT2D eigenvalue weighted by atomic mass is 35.5. The molecular weight excluding hydrogens is 349 g/mol. The van der Waals surface area contributed by atoms with Gasteiger partial charge in [-0.3, -0.25) is 0 Å². The summed E-state index contributed by atoms with van der Waals surface area (Å²) >= 11 is 10.8. The molecule has 0 aliphatic heterocycles. The third-order valence-electron chi connectivity index (χ3n) is 2.46. The third-order valence-corrected chi connectivity index (χ3v) is 3.01. The van der Waals surface area contributed by atoms with E-state index < -0.39 is 39.3 Å². The van der Waals surface area contributed by atoms with Gasteiger partial charge in [-0.15, -0.1) is 0 Å². The van der Waals surface area contributed by atoms with Crippen molar-refractivity contribution in [1.82, 2.24) is 0 Å². The Hall–Kier alpha value is -1.99. The van der Waals surface area contributed by atoms with Crippen molar-refractivity contribution in [3.63, 3.8) is 0 Å². The second kappa shape index (κ2) is 6.41. The van der Waals surface area contributed by atoms with Gasteiger partial charge in [-0.05, 0) is 18.2 Å². The summed E-state index contributed by atoms with van der Waals surface area (Å²) in [5.41, 5.74) is 1.46. The van der Waals surface area contributed by atoms with Gasteiger partial charge in [0.1, 0.15) is 0 Å². The maximum atomic E-state index is 13.1. The minimum absolute atomic E-state index is 0.161. The number of halogens is 6. The molecule has 116 valence electrons. The Balaban J connectivity index is 2.13. The summed E-state index contributed by atoms with van der Waals surface area (Å²) in [5, 5.41) is -1.14. The van der Waals surface area contributed by atoms with Gasteiger partial charge in [-0.25, -0.2) is 27.8 Å². The highest BCUT2D eigenvalue weighted by Crippen LogP contribution is 2.23. The Morgan fingerprint density at radius 2 is 1.45 bits per heavy atom.